The molecule has 0 aromatic heterocycles. The van der Waals surface area contributed by atoms with Crippen LogP contribution in [-0.2, 0) is 9.59 Å². The van der Waals surface area contributed by atoms with Crippen molar-refractivity contribution >= 4 is 29.1 Å². The van der Waals surface area contributed by atoms with E-state index < -0.39 is 11.8 Å². The number of unbranched alkanes of at least 4 members (excludes halogenated alkanes) is 1. The highest BCUT2D eigenvalue weighted by atomic mass is 35.5. The number of aliphatic carboxylic acids is 1. The Morgan fingerprint density at radius 3 is 1.73 bits per heavy atom. The number of Topliss-reactive ketones (excluding diaryl/α,β-unsaturated/α-hetero) is 2. The second kappa shape index (κ2) is 12.3. The summed E-state index contributed by atoms with van der Waals surface area (Å²) in [4.78, 5) is 32.6. The number of hydrogen-bond donors (Lipinski definition) is 1. The Morgan fingerprint density at radius 2 is 1.17 bits per heavy atom. The van der Waals surface area contributed by atoms with Gasteiger partial charge < -0.3 is 5.11 Å². The third-order valence-corrected chi connectivity index (χ3v) is 4.60. The van der Waals surface area contributed by atoms with Gasteiger partial charge in [0.25, 0.3) is 0 Å². The van der Waals surface area contributed by atoms with Gasteiger partial charge in [-0.25, -0.2) is 4.79 Å². The lowest BCUT2D eigenvalue weighted by atomic mass is 10.0. The van der Waals surface area contributed by atoms with Crippen molar-refractivity contribution in [3.8, 4) is 11.1 Å². The van der Waals surface area contributed by atoms with Crippen LogP contribution in [0.5, 0.6) is 0 Å². The molecule has 0 bridgehead atoms. The monoisotopic (exact) mass is 422 g/mol. The second-order valence-electron chi connectivity index (χ2n) is 6.60. The Bertz CT molecular complexity index is 951. The number of carbonyl (C=O) groups excluding carboxylic acids is 2. The number of carboxylic acids is 1. The van der Waals surface area contributed by atoms with Crippen molar-refractivity contribution in [2.45, 2.75) is 25.7 Å². The van der Waals surface area contributed by atoms with Gasteiger partial charge >= 0.3 is 5.97 Å². The van der Waals surface area contributed by atoms with E-state index in [1.165, 1.54) is 11.1 Å². The first-order valence-corrected chi connectivity index (χ1v) is 10.0. The molecule has 0 spiro atoms. The molecule has 0 heterocycles. The lowest BCUT2D eigenvalue weighted by molar-refractivity contribution is -0.149. The van der Waals surface area contributed by atoms with Gasteiger partial charge in [0.05, 0.1) is 0 Å². The largest absolute Gasteiger partial charge is 0.476 e. The molecule has 30 heavy (non-hydrogen) atoms. The number of carboxylic acid groups (broad SMARTS) is 1. The summed E-state index contributed by atoms with van der Waals surface area (Å²) in [5.41, 5.74) is 3.07. The van der Waals surface area contributed by atoms with Crippen LogP contribution >= 0.6 is 11.6 Å². The van der Waals surface area contributed by atoms with Crippen LogP contribution in [0.4, 0.5) is 0 Å². The molecular formula is C25H23ClO4. The fourth-order valence-corrected chi connectivity index (χ4v) is 2.85. The van der Waals surface area contributed by atoms with E-state index in [0.29, 0.717) is 24.8 Å². The maximum atomic E-state index is 11.6. The van der Waals surface area contributed by atoms with E-state index in [0.717, 1.165) is 5.02 Å². The Hall–Kier alpha value is -3.24. The molecule has 0 fully saturated rings. The van der Waals surface area contributed by atoms with Gasteiger partial charge in [0, 0.05) is 23.4 Å². The van der Waals surface area contributed by atoms with Gasteiger partial charge in [-0.2, -0.15) is 0 Å². The molecule has 0 radical (unpaired) electrons. The summed E-state index contributed by atoms with van der Waals surface area (Å²) >= 11 is 5.80. The zero-order valence-corrected chi connectivity index (χ0v) is 17.2. The minimum Gasteiger partial charge on any atom is -0.476 e. The fourth-order valence-electron chi connectivity index (χ4n) is 2.72. The molecule has 0 atom stereocenters. The number of benzene rings is 3. The van der Waals surface area contributed by atoms with Crippen molar-refractivity contribution in [2.24, 2.45) is 0 Å². The van der Waals surface area contributed by atoms with Crippen LogP contribution in [0.15, 0.2) is 84.9 Å². The molecule has 3 aromatic rings. The molecule has 0 amide bonds. The SMILES string of the molecule is Clc1ccc(-c2ccccc2)cc1.O=C(O)C(=O)CCCCC(=O)c1ccccc1. The average molecular weight is 423 g/mol. The first-order valence-electron chi connectivity index (χ1n) is 9.62. The zero-order chi connectivity index (χ0) is 21.8. The second-order valence-corrected chi connectivity index (χ2v) is 7.03. The van der Waals surface area contributed by atoms with Gasteiger partial charge in [-0.15, -0.1) is 0 Å². The Kier molecular flexibility index (Phi) is 9.49. The first kappa shape index (κ1) is 23.0. The van der Waals surface area contributed by atoms with Gasteiger partial charge in [0.1, 0.15) is 0 Å². The summed E-state index contributed by atoms with van der Waals surface area (Å²) in [7, 11) is 0. The van der Waals surface area contributed by atoms with Gasteiger partial charge in [-0.3, -0.25) is 9.59 Å². The predicted molar refractivity (Wildman–Crippen MR) is 119 cm³/mol. The van der Waals surface area contributed by atoms with Crippen LogP contribution in [0.3, 0.4) is 0 Å². The Labute approximate surface area is 181 Å². The number of rotatable bonds is 8. The van der Waals surface area contributed by atoms with Crippen LogP contribution in [0.2, 0.25) is 5.02 Å². The van der Waals surface area contributed by atoms with E-state index in [-0.39, 0.29) is 12.2 Å². The zero-order valence-electron chi connectivity index (χ0n) is 16.5. The molecule has 0 saturated heterocycles. The number of halogens is 1. The van der Waals surface area contributed by atoms with Gasteiger partial charge in [0.2, 0.25) is 5.78 Å². The van der Waals surface area contributed by atoms with E-state index in [1.54, 1.807) is 24.3 Å². The summed E-state index contributed by atoms with van der Waals surface area (Å²) in [6, 6.07) is 27.0. The van der Waals surface area contributed by atoms with Crippen molar-refractivity contribution in [2.75, 3.05) is 0 Å². The minimum atomic E-state index is -1.40. The standard InChI is InChI=1S/C13H14O4.C12H9Cl/c14-11(10-6-2-1-3-7-10)8-4-5-9-12(15)13(16)17;13-12-8-6-11(7-9-12)10-4-2-1-3-5-10/h1-3,6-7H,4-5,8-9H2,(H,16,17);1-9H. The molecule has 0 aliphatic rings. The number of ketones is 2. The molecule has 0 unspecified atom stereocenters. The summed E-state index contributed by atoms with van der Waals surface area (Å²) in [5, 5.41) is 9.13. The Balaban J connectivity index is 0.000000220. The quantitative estimate of drug-likeness (QED) is 0.271. The van der Waals surface area contributed by atoms with Crippen LogP contribution < -0.4 is 0 Å². The predicted octanol–water partition coefficient (Wildman–Crippen LogP) is 6.09. The topological polar surface area (TPSA) is 71.4 Å². The van der Waals surface area contributed by atoms with E-state index in [2.05, 4.69) is 12.1 Å². The molecule has 0 aliphatic carbocycles. The summed E-state index contributed by atoms with van der Waals surface area (Å²) in [5.74, 6) is -2.18. The van der Waals surface area contributed by atoms with E-state index >= 15 is 0 Å². The van der Waals surface area contributed by atoms with Crippen molar-refractivity contribution in [1.29, 1.82) is 0 Å². The normalized spacial score (nSPS) is 9.90. The van der Waals surface area contributed by atoms with Crippen LogP contribution in [-0.4, -0.2) is 22.6 Å². The molecule has 0 saturated carbocycles. The third-order valence-electron chi connectivity index (χ3n) is 4.34. The number of hydrogen-bond acceptors (Lipinski definition) is 3. The number of carbonyl (C=O) groups is 3. The molecule has 3 aromatic carbocycles. The molecule has 1 N–H and O–H groups in total. The molecule has 154 valence electrons. The highest BCUT2D eigenvalue weighted by molar-refractivity contribution is 6.32. The van der Waals surface area contributed by atoms with Gasteiger partial charge in [0.15, 0.2) is 5.78 Å². The molecular weight excluding hydrogens is 400 g/mol. The van der Waals surface area contributed by atoms with Crippen molar-refractivity contribution < 1.29 is 19.5 Å². The molecule has 4 nitrogen and oxygen atoms in total. The maximum Gasteiger partial charge on any atom is 0.372 e. The molecule has 5 heteroatoms. The van der Waals surface area contributed by atoms with Gasteiger partial charge in [-0.1, -0.05) is 84.4 Å². The minimum absolute atomic E-state index is 0.00258. The van der Waals surface area contributed by atoms with Crippen LogP contribution in [0, 0.1) is 0 Å². The Morgan fingerprint density at radius 1 is 0.667 bits per heavy atom. The summed E-state index contributed by atoms with van der Waals surface area (Å²) < 4.78 is 0. The fraction of sp³-hybridized carbons (Fsp3) is 0.160. The molecule has 3 rings (SSSR count). The average Bonchev–Trinajstić information content (AvgIpc) is 2.78. The lowest BCUT2D eigenvalue weighted by Crippen LogP contribution is -2.11. The lowest BCUT2D eigenvalue weighted by Gasteiger charge is -2.00. The van der Waals surface area contributed by atoms with Crippen molar-refractivity contribution in [1.82, 2.24) is 0 Å². The van der Waals surface area contributed by atoms with Crippen LogP contribution in [0.1, 0.15) is 36.0 Å². The highest BCUT2D eigenvalue weighted by Gasteiger charge is 2.11. The smallest absolute Gasteiger partial charge is 0.372 e. The van der Waals surface area contributed by atoms with E-state index in [1.807, 2.05) is 48.5 Å². The van der Waals surface area contributed by atoms with E-state index in [4.69, 9.17) is 16.7 Å². The van der Waals surface area contributed by atoms with Crippen LogP contribution in [0.25, 0.3) is 11.1 Å². The summed E-state index contributed by atoms with van der Waals surface area (Å²) in [6.07, 6.45) is 1.31. The summed E-state index contributed by atoms with van der Waals surface area (Å²) in [6.45, 7) is 0. The third kappa shape index (κ3) is 8.02. The van der Waals surface area contributed by atoms with Crippen molar-refractivity contribution in [3.63, 3.8) is 0 Å². The highest BCUT2D eigenvalue weighted by Crippen LogP contribution is 2.20. The van der Waals surface area contributed by atoms with E-state index in [9.17, 15) is 14.4 Å². The first-order chi connectivity index (χ1) is 14.5. The maximum absolute atomic E-state index is 11.6. The van der Waals surface area contributed by atoms with Crippen molar-refractivity contribution in [3.05, 3.63) is 95.5 Å². The molecule has 0 aliphatic heterocycles. The van der Waals surface area contributed by atoms with Gasteiger partial charge in [-0.05, 0) is 36.1 Å².